The maximum Gasteiger partial charge on any atom is 0.231 e. The number of amides is 1. The summed E-state index contributed by atoms with van der Waals surface area (Å²) in [5, 5.41) is 14.5. The fourth-order valence-corrected chi connectivity index (χ4v) is 3.00. The topological polar surface area (TPSA) is 78.5 Å². The highest BCUT2D eigenvalue weighted by Crippen LogP contribution is 2.39. The van der Waals surface area contributed by atoms with Crippen LogP contribution in [0.5, 0.6) is 0 Å². The Kier molecular flexibility index (Phi) is 3.65. The van der Waals surface area contributed by atoms with Crippen molar-refractivity contribution in [3.05, 3.63) is 40.4 Å². The summed E-state index contributed by atoms with van der Waals surface area (Å²) in [5.74, 6) is -3.54. The van der Waals surface area contributed by atoms with Gasteiger partial charge in [-0.05, 0) is 18.2 Å². The molecule has 110 valence electrons. The lowest BCUT2D eigenvalue weighted by Crippen LogP contribution is -2.45. The quantitative estimate of drug-likeness (QED) is 0.848. The lowest BCUT2D eigenvalue weighted by atomic mass is 9.82. The van der Waals surface area contributed by atoms with Gasteiger partial charge in [-0.3, -0.25) is 4.79 Å². The van der Waals surface area contributed by atoms with E-state index in [0.717, 1.165) is 0 Å². The van der Waals surface area contributed by atoms with Gasteiger partial charge in [-0.25, -0.2) is 0 Å². The largest absolute Gasteiger partial charge is 0.550 e. The van der Waals surface area contributed by atoms with Gasteiger partial charge in [0, 0.05) is 17.6 Å². The molecule has 1 aromatic carbocycles. The minimum absolute atomic E-state index is 0.301. The summed E-state index contributed by atoms with van der Waals surface area (Å²) in [6, 6.07) is 4.64. The van der Waals surface area contributed by atoms with Gasteiger partial charge in [0.2, 0.25) is 5.91 Å². The summed E-state index contributed by atoms with van der Waals surface area (Å²) >= 11 is 11.7. The van der Waals surface area contributed by atoms with E-state index in [9.17, 15) is 14.7 Å². The number of carbonyl (C=O) groups is 2. The van der Waals surface area contributed by atoms with Crippen molar-refractivity contribution < 1.29 is 19.4 Å². The molecule has 0 spiro atoms. The highest BCUT2D eigenvalue weighted by atomic mass is 35.5. The third-order valence-corrected chi connectivity index (χ3v) is 4.40. The molecule has 2 bridgehead atoms. The SMILES string of the molecule is O=C(Nc1ccc(Cl)c(Cl)c1)[C@@H]1[C@@H](C(=O)[O-])[C@H]2C=C[C@@H]1O2. The van der Waals surface area contributed by atoms with Crippen molar-refractivity contribution >= 4 is 40.8 Å². The Bertz CT molecular complexity index is 646. The van der Waals surface area contributed by atoms with Crippen molar-refractivity contribution in [2.24, 2.45) is 11.8 Å². The van der Waals surface area contributed by atoms with Crippen LogP contribution in [0.3, 0.4) is 0 Å². The number of halogens is 2. The highest BCUT2D eigenvalue weighted by molar-refractivity contribution is 6.42. The number of hydrogen-bond acceptors (Lipinski definition) is 4. The molecule has 1 amide bonds. The third kappa shape index (κ3) is 2.52. The summed E-state index contributed by atoms with van der Waals surface area (Å²) in [7, 11) is 0. The molecule has 1 N–H and O–H groups in total. The van der Waals surface area contributed by atoms with E-state index in [0.29, 0.717) is 15.7 Å². The minimum atomic E-state index is -1.29. The summed E-state index contributed by atoms with van der Waals surface area (Å²) in [6.07, 6.45) is 2.20. The molecule has 0 radical (unpaired) electrons. The van der Waals surface area contributed by atoms with Gasteiger partial charge < -0.3 is 20.0 Å². The zero-order valence-electron chi connectivity index (χ0n) is 10.6. The van der Waals surface area contributed by atoms with Crippen molar-refractivity contribution in [1.82, 2.24) is 0 Å². The summed E-state index contributed by atoms with van der Waals surface area (Å²) in [6.45, 7) is 0. The molecule has 1 fully saturated rings. The fraction of sp³-hybridized carbons (Fsp3) is 0.286. The van der Waals surface area contributed by atoms with Crippen LogP contribution >= 0.6 is 23.2 Å². The van der Waals surface area contributed by atoms with Crippen molar-refractivity contribution in [2.45, 2.75) is 12.2 Å². The number of anilines is 1. The molecule has 0 aliphatic carbocycles. The average molecular weight is 327 g/mol. The Morgan fingerprint density at radius 1 is 1.10 bits per heavy atom. The number of nitrogens with one attached hydrogen (secondary N) is 1. The summed E-state index contributed by atoms with van der Waals surface area (Å²) in [5.41, 5.74) is 0.443. The van der Waals surface area contributed by atoms with Crippen LogP contribution < -0.4 is 10.4 Å². The molecule has 2 heterocycles. The number of carboxylic acids is 1. The van der Waals surface area contributed by atoms with Crippen LogP contribution in [-0.2, 0) is 14.3 Å². The number of hydrogen-bond donors (Lipinski definition) is 1. The molecular formula is C14H10Cl2NO4-. The van der Waals surface area contributed by atoms with E-state index in [2.05, 4.69) is 5.32 Å². The lowest BCUT2D eigenvalue weighted by molar-refractivity contribution is -0.313. The van der Waals surface area contributed by atoms with Gasteiger partial charge in [0.1, 0.15) is 0 Å². The first-order chi connectivity index (χ1) is 9.97. The standard InChI is InChI=1S/C14H11Cl2NO4/c15-7-2-1-6(5-8(7)16)17-13(18)11-9-3-4-10(21-9)12(11)14(19)20/h1-5,9-12H,(H,17,18)(H,19,20)/p-1/t9-,10+,11-,12-/m0/s1. The van der Waals surface area contributed by atoms with Crippen LogP contribution in [0.2, 0.25) is 10.0 Å². The fourth-order valence-electron chi connectivity index (χ4n) is 2.70. The number of fused-ring (bicyclic) bond motifs is 2. The smallest absolute Gasteiger partial charge is 0.231 e. The number of aliphatic carboxylic acids is 1. The van der Waals surface area contributed by atoms with Crippen molar-refractivity contribution in [2.75, 3.05) is 5.32 Å². The van der Waals surface area contributed by atoms with Crippen LogP contribution in [0.1, 0.15) is 0 Å². The molecule has 4 atom stereocenters. The molecule has 0 saturated carbocycles. The molecule has 1 saturated heterocycles. The van der Waals surface area contributed by atoms with Crippen LogP contribution in [0.4, 0.5) is 5.69 Å². The van der Waals surface area contributed by atoms with Crippen LogP contribution in [0.15, 0.2) is 30.4 Å². The number of ether oxygens (including phenoxy) is 1. The Morgan fingerprint density at radius 2 is 1.76 bits per heavy atom. The first-order valence-electron chi connectivity index (χ1n) is 6.28. The van der Waals surface area contributed by atoms with Crippen LogP contribution in [-0.4, -0.2) is 24.1 Å². The molecular weight excluding hydrogens is 317 g/mol. The van der Waals surface area contributed by atoms with E-state index in [1.165, 1.54) is 6.07 Å². The van der Waals surface area contributed by atoms with E-state index in [1.807, 2.05) is 0 Å². The Hall–Kier alpha value is -1.56. The van der Waals surface area contributed by atoms with E-state index in [1.54, 1.807) is 24.3 Å². The summed E-state index contributed by atoms with van der Waals surface area (Å²) in [4.78, 5) is 23.5. The molecule has 5 nitrogen and oxygen atoms in total. The van der Waals surface area contributed by atoms with Crippen molar-refractivity contribution in [1.29, 1.82) is 0 Å². The highest BCUT2D eigenvalue weighted by Gasteiger charge is 2.50. The van der Waals surface area contributed by atoms with Gasteiger partial charge in [0.05, 0.1) is 28.2 Å². The maximum atomic E-state index is 12.3. The van der Waals surface area contributed by atoms with Gasteiger partial charge in [0.15, 0.2) is 0 Å². The second-order valence-corrected chi connectivity index (χ2v) is 5.75. The molecule has 0 aromatic heterocycles. The van der Waals surface area contributed by atoms with Gasteiger partial charge in [-0.1, -0.05) is 35.4 Å². The average Bonchev–Trinajstić information content (AvgIpc) is 3.03. The zero-order chi connectivity index (χ0) is 15.1. The molecule has 1 aromatic rings. The maximum absolute atomic E-state index is 12.3. The predicted molar refractivity (Wildman–Crippen MR) is 74.9 cm³/mol. The Morgan fingerprint density at radius 3 is 2.38 bits per heavy atom. The second kappa shape index (κ2) is 5.33. The molecule has 7 heteroatoms. The molecule has 2 aliphatic heterocycles. The minimum Gasteiger partial charge on any atom is -0.550 e. The normalized spacial score (nSPS) is 29.6. The molecule has 0 unspecified atom stereocenters. The van der Waals surface area contributed by atoms with Gasteiger partial charge >= 0.3 is 0 Å². The Labute approximate surface area is 130 Å². The second-order valence-electron chi connectivity index (χ2n) is 4.94. The lowest BCUT2D eigenvalue weighted by Gasteiger charge is -2.25. The summed E-state index contributed by atoms with van der Waals surface area (Å²) < 4.78 is 5.42. The molecule has 2 aliphatic rings. The molecule has 21 heavy (non-hydrogen) atoms. The number of rotatable bonds is 3. The molecule has 3 rings (SSSR count). The number of carbonyl (C=O) groups excluding carboxylic acids is 2. The van der Waals surface area contributed by atoms with Crippen LogP contribution in [0, 0.1) is 11.8 Å². The van der Waals surface area contributed by atoms with Crippen molar-refractivity contribution in [3.63, 3.8) is 0 Å². The van der Waals surface area contributed by atoms with Gasteiger partial charge in [0.25, 0.3) is 0 Å². The zero-order valence-corrected chi connectivity index (χ0v) is 12.1. The monoisotopic (exact) mass is 326 g/mol. The predicted octanol–water partition coefficient (Wildman–Crippen LogP) is 1.25. The van der Waals surface area contributed by atoms with E-state index in [-0.39, 0.29) is 0 Å². The third-order valence-electron chi connectivity index (χ3n) is 3.66. The van der Waals surface area contributed by atoms with E-state index < -0.39 is 35.9 Å². The first-order valence-corrected chi connectivity index (χ1v) is 7.03. The van der Waals surface area contributed by atoms with E-state index >= 15 is 0 Å². The number of carboxylic acid groups (broad SMARTS) is 1. The van der Waals surface area contributed by atoms with E-state index in [4.69, 9.17) is 27.9 Å². The van der Waals surface area contributed by atoms with Gasteiger partial charge in [-0.15, -0.1) is 0 Å². The van der Waals surface area contributed by atoms with Crippen molar-refractivity contribution in [3.8, 4) is 0 Å². The first kappa shape index (κ1) is 14.4. The number of benzene rings is 1. The Balaban J connectivity index is 1.80. The van der Waals surface area contributed by atoms with Crippen LogP contribution in [0.25, 0.3) is 0 Å². The van der Waals surface area contributed by atoms with Gasteiger partial charge in [-0.2, -0.15) is 0 Å².